The summed E-state index contributed by atoms with van der Waals surface area (Å²) in [6.07, 6.45) is 0.231. The van der Waals surface area contributed by atoms with E-state index in [0.717, 1.165) is 30.5 Å². The van der Waals surface area contributed by atoms with Crippen LogP contribution >= 0.6 is 0 Å². The SMILES string of the molecule is C#CCOCCOCCOCCOCCOCCOCCNC(=O)CC[C@@H](NC(=O)c1ccc(N(Cc2cnc3nc(N)[nH]c(=O)c3n2)C(=O)C(F)(F)F)cc1)C(=O)O. The van der Waals surface area contributed by atoms with Crippen molar-refractivity contribution in [2.24, 2.45) is 0 Å². The zero-order chi connectivity index (χ0) is 43.0. The number of rotatable bonds is 28. The topological polar surface area (TPSA) is 269 Å². The fourth-order valence-corrected chi connectivity index (χ4v) is 4.79. The Kier molecular flexibility index (Phi) is 20.6. The second kappa shape index (κ2) is 25.6. The van der Waals surface area contributed by atoms with E-state index in [1.165, 1.54) is 0 Å². The first-order valence-corrected chi connectivity index (χ1v) is 18.0. The lowest BCUT2D eigenvalue weighted by molar-refractivity contribution is -0.170. The number of alkyl halides is 3. The van der Waals surface area contributed by atoms with Gasteiger partial charge in [-0.1, -0.05) is 5.92 Å². The van der Waals surface area contributed by atoms with Gasteiger partial charge in [0.1, 0.15) is 12.6 Å². The minimum absolute atomic E-state index is 0.134. The largest absolute Gasteiger partial charge is 0.480 e. The molecule has 3 amide bonds. The van der Waals surface area contributed by atoms with Crippen LogP contribution in [0.15, 0.2) is 35.3 Å². The molecule has 0 saturated heterocycles. The number of nitrogens with two attached hydrogens (primary N) is 1. The van der Waals surface area contributed by atoms with Crippen LogP contribution in [0.25, 0.3) is 11.2 Å². The number of terminal acetylenes is 1. The fourth-order valence-electron chi connectivity index (χ4n) is 4.79. The zero-order valence-electron chi connectivity index (χ0n) is 31.8. The molecule has 0 aliphatic heterocycles. The van der Waals surface area contributed by atoms with Crippen LogP contribution in [0.3, 0.4) is 0 Å². The number of carbonyl (C=O) groups excluding carboxylic acids is 3. The molecule has 20 nitrogen and oxygen atoms in total. The Hall–Kier alpha value is -5.77. The summed E-state index contributed by atoms with van der Waals surface area (Å²) in [5.41, 5.74) is 3.52. The Morgan fingerprint density at radius 3 is 1.98 bits per heavy atom. The molecule has 0 fully saturated rings. The normalized spacial score (nSPS) is 11.8. The molecule has 2 aromatic heterocycles. The lowest BCUT2D eigenvalue weighted by Crippen LogP contribution is -2.42. The highest BCUT2D eigenvalue weighted by molar-refractivity contribution is 5.99. The number of aromatic nitrogens is 4. The van der Waals surface area contributed by atoms with E-state index < -0.39 is 48.0 Å². The molecule has 1 atom stereocenters. The number of ether oxygens (including phenoxy) is 6. The van der Waals surface area contributed by atoms with Crippen molar-refractivity contribution in [3.63, 3.8) is 0 Å². The highest BCUT2D eigenvalue weighted by atomic mass is 19.4. The van der Waals surface area contributed by atoms with Gasteiger partial charge in [0, 0.05) is 24.2 Å². The number of carboxylic acids is 1. The van der Waals surface area contributed by atoms with Gasteiger partial charge in [-0.2, -0.15) is 18.2 Å². The van der Waals surface area contributed by atoms with Crippen LogP contribution in [0.1, 0.15) is 28.9 Å². The molecule has 23 heteroatoms. The van der Waals surface area contributed by atoms with E-state index in [9.17, 15) is 42.3 Å². The lowest BCUT2D eigenvalue weighted by atomic mass is 10.1. The second-order valence-electron chi connectivity index (χ2n) is 12.0. The van der Waals surface area contributed by atoms with Gasteiger partial charge in [0.05, 0.1) is 91.1 Å². The molecule has 3 aromatic rings. The smallest absolute Gasteiger partial charge is 0.471 e. The van der Waals surface area contributed by atoms with Gasteiger partial charge in [0.2, 0.25) is 11.9 Å². The molecule has 0 aliphatic rings. The van der Waals surface area contributed by atoms with Crippen molar-refractivity contribution in [2.75, 3.05) is 96.5 Å². The van der Waals surface area contributed by atoms with Crippen molar-refractivity contribution in [1.82, 2.24) is 30.6 Å². The quantitative estimate of drug-likeness (QED) is 0.0483. The van der Waals surface area contributed by atoms with E-state index in [2.05, 4.69) is 36.5 Å². The van der Waals surface area contributed by atoms with Crippen LogP contribution in [0.5, 0.6) is 0 Å². The third-order valence-corrected chi connectivity index (χ3v) is 7.61. The number of nitrogen functional groups attached to an aromatic ring is 1. The maximum atomic E-state index is 13.6. The number of nitrogens with zero attached hydrogens (tertiary/aromatic N) is 4. The molecular weight excluding hydrogens is 793 g/mol. The minimum Gasteiger partial charge on any atom is -0.480 e. The predicted molar refractivity (Wildman–Crippen MR) is 201 cm³/mol. The van der Waals surface area contributed by atoms with Gasteiger partial charge in [-0.05, 0) is 30.7 Å². The molecule has 0 unspecified atom stereocenters. The van der Waals surface area contributed by atoms with Crippen molar-refractivity contribution in [3.8, 4) is 12.3 Å². The Labute approximate surface area is 335 Å². The summed E-state index contributed by atoms with van der Waals surface area (Å²) in [5, 5.41) is 14.5. The molecule has 1 aromatic carbocycles. The number of anilines is 2. The number of carbonyl (C=O) groups is 4. The van der Waals surface area contributed by atoms with Crippen LogP contribution in [0, 0.1) is 12.3 Å². The molecule has 322 valence electrons. The summed E-state index contributed by atoms with van der Waals surface area (Å²) in [5.74, 6) is -3.00. The summed E-state index contributed by atoms with van der Waals surface area (Å²) < 4.78 is 72.7. The molecule has 2 heterocycles. The number of nitrogens with one attached hydrogen (secondary N) is 3. The number of fused-ring (bicyclic) bond motifs is 1. The number of aliphatic carboxylic acids is 1. The standard InChI is InChI=1S/C36H45F3N8O12/c1-2-10-54-12-14-56-16-18-58-20-21-59-19-17-57-15-13-55-11-9-41-28(48)8-7-27(33(51)52)44-31(49)24-3-5-26(6-4-24)47(34(53)36(37,38)39)23-25-22-42-30-29(43-25)32(50)46-35(40)45-30/h1,3-6,22,27H,7-21,23H2,(H,41,48)(H,44,49)(H,51,52)(H3,40,42,45,46,50)/t27-/m1/s1. The van der Waals surface area contributed by atoms with Gasteiger partial charge in [0.25, 0.3) is 11.5 Å². The maximum absolute atomic E-state index is 13.6. The fraction of sp³-hybridized carbons (Fsp3) is 0.500. The Morgan fingerprint density at radius 1 is 0.881 bits per heavy atom. The average molecular weight is 839 g/mol. The minimum atomic E-state index is -5.32. The van der Waals surface area contributed by atoms with Gasteiger partial charge >= 0.3 is 18.1 Å². The Balaban J connectivity index is 1.33. The van der Waals surface area contributed by atoms with Crippen LogP contribution in [-0.2, 0) is 49.3 Å². The zero-order valence-corrected chi connectivity index (χ0v) is 31.8. The first kappa shape index (κ1) is 47.6. The third kappa shape index (κ3) is 17.7. The van der Waals surface area contributed by atoms with Gasteiger partial charge in [-0.3, -0.25) is 29.1 Å². The first-order valence-electron chi connectivity index (χ1n) is 18.0. The van der Waals surface area contributed by atoms with Crippen molar-refractivity contribution < 1.29 is 65.9 Å². The van der Waals surface area contributed by atoms with Crippen molar-refractivity contribution in [2.45, 2.75) is 31.6 Å². The molecule has 6 N–H and O–H groups in total. The number of halogens is 3. The number of H-pyrrole nitrogens is 1. The second-order valence-corrected chi connectivity index (χ2v) is 12.0. The van der Waals surface area contributed by atoms with Crippen molar-refractivity contribution in [1.29, 1.82) is 0 Å². The Morgan fingerprint density at radius 2 is 1.44 bits per heavy atom. The van der Waals surface area contributed by atoms with E-state index in [4.69, 9.17) is 40.6 Å². The van der Waals surface area contributed by atoms with Gasteiger partial charge in [-0.15, -0.1) is 6.42 Å². The summed E-state index contributed by atoms with van der Waals surface area (Å²) in [6, 6.07) is 2.74. The third-order valence-electron chi connectivity index (χ3n) is 7.61. The molecule has 3 rings (SSSR count). The van der Waals surface area contributed by atoms with Crippen molar-refractivity contribution >= 4 is 46.5 Å². The summed E-state index contributed by atoms with van der Waals surface area (Å²) in [4.78, 5) is 75.7. The number of benzene rings is 1. The van der Waals surface area contributed by atoms with Crippen LogP contribution < -0.4 is 26.8 Å². The maximum Gasteiger partial charge on any atom is 0.471 e. The average Bonchev–Trinajstić information content (AvgIpc) is 3.20. The van der Waals surface area contributed by atoms with Crippen LogP contribution in [0.2, 0.25) is 0 Å². The van der Waals surface area contributed by atoms with Crippen LogP contribution in [0.4, 0.5) is 24.8 Å². The van der Waals surface area contributed by atoms with Crippen molar-refractivity contribution in [3.05, 3.63) is 52.1 Å². The van der Waals surface area contributed by atoms with E-state index in [1.54, 1.807) is 0 Å². The summed E-state index contributed by atoms with van der Waals surface area (Å²) >= 11 is 0. The van der Waals surface area contributed by atoms with E-state index in [1.807, 2.05) is 0 Å². The highest BCUT2D eigenvalue weighted by Gasteiger charge is 2.43. The molecule has 0 saturated carbocycles. The first-order chi connectivity index (χ1) is 28.3. The monoisotopic (exact) mass is 838 g/mol. The molecular formula is C36H45F3N8O12. The molecule has 0 aliphatic carbocycles. The summed E-state index contributed by atoms with van der Waals surface area (Å²) in [7, 11) is 0. The van der Waals surface area contributed by atoms with Gasteiger partial charge < -0.3 is 49.9 Å². The number of hydrogen-bond acceptors (Lipinski definition) is 15. The van der Waals surface area contributed by atoms with E-state index >= 15 is 0 Å². The van der Waals surface area contributed by atoms with E-state index in [0.29, 0.717) is 64.4 Å². The Bertz CT molecular complexity index is 1910. The lowest BCUT2D eigenvalue weighted by Gasteiger charge is -2.24. The molecule has 0 bridgehead atoms. The molecule has 59 heavy (non-hydrogen) atoms. The summed E-state index contributed by atoms with van der Waals surface area (Å²) in [6.45, 7) is 3.55. The number of aromatic amines is 1. The number of carboxylic acid groups (broad SMARTS) is 1. The predicted octanol–water partition coefficient (Wildman–Crippen LogP) is 0.203. The highest BCUT2D eigenvalue weighted by Crippen LogP contribution is 2.26. The van der Waals surface area contributed by atoms with Crippen LogP contribution in [-0.4, -0.2) is 147 Å². The number of hydrogen-bond donors (Lipinski definition) is 5. The van der Waals surface area contributed by atoms with E-state index in [-0.39, 0.29) is 73.3 Å². The van der Waals surface area contributed by atoms with Gasteiger partial charge in [-0.25, -0.2) is 14.8 Å². The molecule has 0 spiro atoms. The number of amides is 3. The molecule has 0 radical (unpaired) electrons. The van der Waals surface area contributed by atoms with Gasteiger partial charge in [0.15, 0.2) is 11.2 Å².